The van der Waals surface area contributed by atoms with E-state index in [0.717, 1.165) is 35.4 Å². The maximum atomic E-state index is 13.3. The smallest absolute Gasteiger partial charge is 0.313 e. The van der Waals surface area contributed by atoms with Crippen LogP contribution in [0.5, 0.6) is 5.75 Å². The van der Waals surface area contributed by atoms with Crippen molar-refractivity contribution in [3.05, 3.63) is 101 Å². The van der Waals surface area contributed by atoms with Gasteiger partial charge in [-0.25, -0.2) is 0 Å². The van der Waals surface area contributed by atoms with Gasteiger partial charge in [0.1, 0.15) is 18.0 Å². The van der Waals surface area contributed by atoms with Gasteiger partial charge in [-0.15, -0.1) is 10.2 Å². The van der Waals surface area contributed by atoms with Crippen molar-refractivity contribution in [3.63, 3.8) is 0 Å². The van der Waals surface area contributed by atoms with Gasteiger partial charge in [-0.05, 0) is 66.8 Å². The van der Waals surface area contributed by atoms with Crippen molar-refractivity contribution in [2.45, 2.75) is 45.2 Å². The quantitative estimate of drug-likeness (QED) is 0.277. The number of ether oxygens (including phenoxy) is 2. The largest absolute Gasteiger partial charge is 0.497 e. The van der Waals surface area contributed by atoms with E-state index in [-0.39, 0.29) is 24.9 Å². The average Bonchev–Trinajstić information content (AvgIpc) is 3.57. The third-order valence-corrected chi connectivity index (χ3v) is 6.89. The van der Waals surface area contributed by atoms with Gasteiger partial charge in [-0.3, -0.25) is 14.6 Å². The summed E-state index contributed by atoms with van der Waals surface area (Å²) >= 11 is 0. The number of amides is 1. The third-order valence-electron chi connectivity index (χ3n) is 6.89. The molecule has 0 saturated carbocycles. The molecular weight excluding hydrogens is 508 g/mol. The van der Waals surface area contributed by atoms with Crippen LogP contribution in [-0.2, 0) is 35.3 Å². The normalized spacial score (nSPS) is 12.9. The van der Waals surface area contributed by atoms with E-state index < -0.39 is 6.04 Å². The predicted molar refractivity (Wildman–Crippen MR) is 149 cm³/mol. The van der Waals surface area contributed by atoms with Crippen LogP contribution in [0.2, 0.25) is 0 Å². The molecule has 0 bridgehead atoms. The van der Waals surface area contributed by atoms with Gasteiger partial charge >= 0.3 is 5.97 Å². The van der Waals surface area contributed by atoms with E-state index >= 15 is 0 Å². The van der Waals surface area contributed by atoms with Gasteiger partial charge in [0.15, 0.2) is 5.82 Å². The molecule has 0 spiro atoms. The summed E-state index contributed by atoms with van der Waals surface area (Å²) in [4.78, 5) is 33.2. The maximum Gasteiger partial charge on any atom is 0.313 e. The van der Waals surface area contributed by atoms with E-state index in [0.29, 0.717) is 30.2 Å². The highest BCUT2D eigenvalue weighted by Crippen LogP contribution is 2.28. The topological polar surface area (TPSA) is 124 Å². The van der Waals surface area contributed by atoms with E-state index in [4.69, 9.17) is 9.47 Å². The molecule has 1 aromatic carbocycles. The van der Waals surface area contributed by atoms with E-state index in [2.05, 4.69) is 37.6 Å². The first-order chi connectivity index (χ1) is 19.6. The van der Waals surface area contributed by atoms with Crippen LogP contribution in [0, 0.1) is 0 Å². The Labute approximate surface area is 232 Å². The molecule has 5 rings (SSSR count). The molecule has 0 saturated heterocycles. The Morgan fingerprint density at radius 1 is 1.18 bits per heavy atom. The van der Waals surface area contributed by atoms with Crippen LogP contribution in [0.1, 0.15) is 63.8 Å². The second kappa shape index (κ2) is 12.4. The summed E-state index contributed by atoms with van der Waals surface area (Å²) in [6, 6.07) is 10.6. The Balaban J connectivity index is 1.53. The molecule has 1 aliphatic rings. The van der Waals surface area contributed by atoms with Crippen LogP contribution in [0.3, 0.4) is 0 Å². The minimum atomic E-state index is -0.528. The van der Waals surface area contributed by atoms with E-state index in [9.17, 15) is 9.59 Å². The van der Waals surface area contributed by atoms with E-state index in [1.54, 1.807) is 32.4 Å². The monoisotopic (exact) mass is 540 g/mol. The van der Waals surface area contributed by atoms with Crippen LogP contribution in [-0.4, -0.2) is 50.3 Å². The first-order valence-corrected chi connectivity index (χ1v) is 13.3. The fourth-order valence-electron chi connectivity index (χ4n) is 4.90. The highest BCUT2D eigenvalue weighted by atomic mass is 16.5. The Bertz CT molecular complexity index is 1490. The fourth-order valence-corrected chi connectivity index (χ4v) is 4.90. The fraction of sp³-hybridized carbons (Fsp3) is 0.300. The number of allylic oxidation sites excluding steroid dienone is 1. The lowest BCUT2D eigenvalue weighted by molar-refractivity contribution is -0.142. The number of H-pyrrole nitrogens is 1. The number of hydrogen-bond donors (Lipinski definition) is 2. The number of esters is 1. The molecule has 2 N–H and O–H groups in total. The summed E-state index contributed by atoms with van der Waals surface area (Å²) in [5, 5.41) is 12.1. The number of fused-ring (bicyclic) bond motifs is 1. The number of rotatable bonds is 11. The first-order valence-electron chi connectivity index (χ1n) is 13.3. The summed E-state index contributed by atoms with van der Waals surface area (Å²) in [5.41, 5.74) is 4.83. The number of carbonyl (C=O) groups is 2. The van der Waals surface area contributed by atoms with Crippen molar-refractivity contribution in [2.24, 2.45) is 0 Å². The van der Waals surface area contributed by atoms with Crippen molar-refractivity contribution in [3.8, 4) is 5.75 Å². The highest BCUT2D eigenvalue weighted by Gasteiger charge is 2.27. The van der Waals surface area contributed by atoms with Crippen LogP contribution in [0.25, 0.3) is 6.08 Å². The zero-order chi connectivity index (χ0) is 27.9. The lowest BCUT2D eigenvalue weighted by Crippen LogP contribution is -2.32. The van der Waals surface area contributed by atoms with Gasteiger partial charge in [0.25, 0.3) is 5.91 Å². The molecule has 0 unspecified atom stereocenters. The molecule has 0 radical (unpaired) electrons. The number of methoxy groups -OCH3 is 1. The SMILES string of the molecule is CCOC(=O)Cc1nnc([C@@H](Cc2c[nH]c3c2CCC=C3)NC(=O)c2cccnc2)n1Cc1ccc(OC)cc1. The minimum Gasteiger partial charge on any atom is -0.497 e. The van der Waals surface area contributed by atoms with Crippen molar-refractivity contribution in [1.82, 2.24) is 30.0 Å². The molecule has 1 amide bonds. The summed E-state index contributed by atoms with van der Waals surface area (Å²) < 4.78 is 12.4. The Morgan fingerprint density at radius 2 is 2.02 bits per heavy atom. The summed E-state index contributed by atoms with van der Waals surface area (Å²) in [6.45, 7) is 2.44. The molecule has 3 heterocycles. The number of benzene rings is 1. The van der Waals surface area contributed by atoms with Crippen LogP contribution in [0.15, 0.2) is 61.1 Å². The standard InChI is InChI=1S/C30H32N6O4/c1-3-40-28(37)16-27-34-35-29(36(27)19-20-10-12-23(39-2)13-11-20)26(33-30(38)21-7-6-14-31-17-21)15-22-18-32-25-9-5-4-8-24(22)25/h5-7,9-14,17-18,26,32H,3-4,8,15-16,19H2,1-2H3,(H,33,38)/t26-/m1/s1. The van der Waals surface area contributed by atoms with Gasteiger partial charge < -0.3 is 24.3 Å². The van der Waals surface area contributed by atoms with Gasteiger partial charge in [0, 0.05) is 30.7 Å². The van der Waals surface area contributed by atoms with Crippen LogP contribution in [0.4, 0.5) is 0 Å². The Kier molecular flexibility index (Phi) is 8.34. The highest BCUT2D eigenvalue weighted by molar-refractivity contribution is 5.94. The molecule has 0 aliphatic heterocycles. The number of pyridine rings is 1. The van der Waals surface area contributed by atoms with Crippen molar-refractivity contribution in [2.75, 3.05) is 13.7 Å². The van der Waals surface area contributed by atoms with E-state index in [1.807, 2.05) is 35.0 Å². The summed E-state index contributed by atoms with van der Waals surface area (Å²) in [5.74, 6) is 1.10. The number of nitrogens with one attached hydrogen (secondary N) is 2. The first kappa shape index (κ1) is 26.9. The maximum absolute atomic E-state index is 13.3. The van der Waals surface area contributed by atoms with E-state index in [1.165, 1.54) is 11.8 Å². The zero-order valence-electron chi connectivity index (χ0n) is 22.6. The van der Waals surface area contributed by atoms with Crippen molar-refractivity contribution < 1.29 is 19.1 Å². The number of nitrogens with zero attached hydrogens (tertiary/aromatic N) is 4. The number of aromatic nitrogens is 5. The van der Waals surface area contributed by atoms with Gasteiger partial charge in [0.2, 0.25) is 0 Å². The van der Waals surface area contributed by atoms with Crippen molar-refractivity contribution in [1.29, 1.82) is 0 Å². The average molecular weight is 541 g/mol. The molecule has 1 atom stereocenters. The van der Waals surface area contributed by atoms with Crippen molar-refractivity contribution >= 4 is 18.0 Å². The lowest BCUT2D eigenvalue weighted by Gasteiger charge is -2.21. The zero-order valence-corrected chi connectivity index (χ0v) is 22.6. The summed E-state index contributed by atoms with van der Waals surface area (Å²) in [7, 11) is 1.62. The number of aromatic amines is 1. The van der Waals surface area contributed by atoms with Gasteiger partial charge in [-0.2, -0.15) is 0 Å². The molecule has 0 fully saturated rings. The lowest BCUT2D eigenvalue weighted by atomic mass is 9.96. The minimum absolute atomic E-state index is 0.0371. The summed E-state index contributed by atoms with van der Waals surface area (Å²) in [6.07, 6.45) is 11.7. The van der Waals surface area contributed by atoms with Gasteiger partial charge in [0.05, 0.1) is 31.9 Å². The predicted octanol–water partition coefficient (Wildman–Crippen LogP) is 3.84. The molecule has 4 aromatic rings. The number of hydrogen-bond acceptors (Lipinski definition) is 7. The molecule has 3 aromatic heterocycles. The molecule has 40 heavy (non-hydrogen) atoms. The molecule has 10 nitrogen and oxygen atoms in total. The Hall–Kier alpha value is -4.73. The van der Waals surface area contributed by atoms with Gasteiger partial charge in [-0.1, -0.05) is 18.2 Å². The third kappa shape index (κ3) is 6.12. The van der Waals surface area contributed by atoms with Crippen LogP contribution < -0.4 is 10.1 Å². The molecule has 1 aliphatic carbocycles. The molecule has 10 heteroatoms. The Morgan fingerprint density at radius 3 is 2.77 bits per heavy atom. The second-order valence-electron chi connectivity index (χ2n) is 9.51. The second-order valence-corrected chi connectivity index (χ2v) is 9.51. The molecule has 206 valence electrons. The van der Waals surface area contributed by atoms with Crippen LogP contribution >= 0.6 is 0 Å². The number of carbonyl (C=O) groups excluding carboxylic acids is 2. The molecular formula is C30H32N6O4.